The van der Waals surface area contributed by atoms with Crippen molar-refractivity contribution in [3.63, 3.8) is 0 Å². The highest BCUT2D eigenvalue weighted by atomic mass is 35.5. The monoisotopic (exact) mass is 332 g/mol. The van der Waals surface area contributed by atoms with E-state index in [-0.39, 0.29) is 11.7 Å². The van der Waals surface area contributed by atoms with Crippen LogP contribution in [0.5, 0.6) is 0 Å². The number of alkyl halides is 1. The van der Waals surface area contributed by atoms with E-state index in [4.69, 9.17) is 11.6 Å². The normalized spacial score (nSPS) is 13.6. The molecule has 110 valence electrons. The van der Waals surface area contributed by atoms with Gasteiger partial charge in [0.25, 0.3) is 0 Å². The second-order valence-electron chi connectivity index (χ2n) is 5.09. The standard InChI is InChI=1S/C13H17ClN2O2S2/c1-8-4-10(3)12-11(5-8)19-13(15-12)16-20(17,18)7-9(2)6-14/h4-5,9H,6-7H2,1-3H3,(H,15,16). The number of nitrogens with zero attached hydrogens (tertiary/aromatic N) is 1. The highest BCUT2D eigenvalue weighted by Crippen LogP contribution is 2.30. The number of benzene rings is 1. The summed E-state index contributed by atoms with van der Waals surface area (Å²) in [5, 5.41) is 0.412. The van der Waals surface area contributed by atoms with Crippen molar-refractivity contribution in [2.24, 2.45) is 5.92 Å². The van der Waals surface area contributed by atoms with Gasteiger partial charge in [0.15, 0.2) is 5.13 Å². The van der Waals surface area contributed by atoms with Gasteiger partial charge in [-0.3, -0.25) is 4.72 Å². The molecule has 0 amide bonds. The molecular formula is C13H17ClN2O2S2. The summed E-state index contributed by atoms with van der Waals surface area (Å²) < 4.78 is 27.5. The van der Waals surface area contributed by atoms with E-state index in [0.29, 0.717) is 11.0 Å². The molecule has 20 heavy (non-hydrogen) atoms. The summed E-state index contributed by atoms with van der Waals surface area (Å²) >= 11 is 7.01. The van der Waals surface area contributed by atoms with Crippen molar-refractivity contribution >= 4 is 48.3 Å². The van der Waals surface area contributed by atoms with Gasteiger partial charge in [-0.05, 0) is 37.0 Å². The van der Waals surface area contributed by atoms with Gasteiger partial charge in [-0.25, -0.2) is 13.4 Å². The molecule has 0 aliphatic heterocycles. The average Bonchev–Trinajstić information content (AvgIpc) is 2.69. The van der Waals surface area contributed by atoms with E-state index in [9.17, 15) is 8.42 Å². The molecule has 2 rings (SSSR count). The van der Waals surface area contributed by atoms with Crippen LogP contribution in [-0.4, -0.2) is 25.0 Å². The number of nitrogens with one attached hydrogen (secondary N) is 1. The van der Waals surface area contributed by atoms with Crippen molar-refractivity contribution in [2.45, 2.75) is 20.8 Å². The van der Waals surface area contributed by atoms with Gasteiger partial charge in [0.2, 0.25) is 10.0 Å². The summed E-state index contributed by atoms with van der Waals surface area (Å²) in [6, 6.07) is 4.05. The zero-order chi connectivity index (χ0) is 14.9. The molecule has 1 unspecified atom stereocenters. The first kappa shape index (κ1) is 15.5. The number of halogens is 1. The third kappa shape index (κ3) is 3.62. The molecule has 1 aromatic carbocycles. The van der Waals surface area contributed by atoms with Crippen LogP contribution in [0, 0.1) is 19.8 Å². The minimum atomic E-state index is -3.40. The fourth-order valence-electron chi connectivity index (χ4n) is 2.01. The number of aromatic nitrogens is 1. The smallest absolute Gasteiger partial charge is 0.234 e. The second kappa shape index (κ2) is 5.87. The number of rotatable bonds is 5. The van der Waals surface area contributed by atoms with E-state index >= 15 is 0 Å². The molecule has 1 atom stereocenters. The Morgan fingerprint density at radius 2 is 2.10 bits per heavy atom. The third-order valence-electron chi connectivity index (χ3n) is 2.84. The zero-order valence-electron chi connectivity index (χ0n) is 11.6. The van der Waals surface area contributed by atoms with Gasteiger partial charge in [-0.2, -0.15) is 0 Å². The number of fused-ring (bicyclic) bond motifs is 1. The van der Waals surface area contributed by atoms with Crippen molar-refractivity contribution in [3.05, 3.63) is 23.3 Å². The lowest BCUT2D eigenvalue weighted by Crippen LogP contribution is -2.21. The molecule has 0 aliphatic rings. The van der Waals surface area contributed by atoms with Crippen LogP contribution in [0.25, 0.3) is 10.2 Å². The number of hydrogen-bond acceptors (Lipinski definition) is 4. The lowest BCUT2D eigenvalue weighted by atomic mass is 10.1. The second-order valence-corrected chi connectivity index (χ2v) is 8.20. The third-order valence-corrected chi connectivity index (χ3v) is 5.93. The SMILES string of the molecule is Cc1cc(C)c2nc(NS(=O)(=O)CC(C)CCl)sc2c1. The Labute approximate surface area is 128 Å². The maximum atomic E-state index is 12.0. The topological polar surface area (TPSA) is 59.1 Å². The van der Waals surface area contributed by atoms with Crippen LogP contribution in [0.15, 0.2) is 12.1 Å². The van der Waals surface area contributed by atoms with Crippen molar-refractivity contribution in [1.82, 2.24) is 4.98 Å². The van der Waals surface area contributed by atoms with Crippen LogP contribution >= 0.6 is 22.9 Å². The quantitative estimate of drug-likeness (QED) is 0.852. The van der Waals surface area contributed by atoms with Gasteiger partial charge in [-0.15, -0.1) is 11.6 Å². The number of anilines is 1. The van der Waals surface area contributed by atoms with Crippen molar-refractivity contribution in [3.8, 4) is 0 Å². The Balaban J connectivity index is 2.28. The first-order valence-corrected chi connectivity index (χ1v) is 9.25. The summed E-state index contributed by atoms with van der Waals surface area (Å²) in [7, 11) is -3.40. The summed E-state index contributed by atoms with van der Waals surface area (Å²) in [5.41, 5.74) is 3.04. The van der Waals surface area contributed by atoms with Crippen molar-refractivity contribution in [2.75, 3.05) is 16.4 Å². The molecule has 0 radical (unpaired) electrons. The van der Waals surface area contributed by atoms with E-state index < -0.39 is 10.0 Å². The molecule has 1 aromatic heterocycles. The molecule has 1 heterocycles. The van der Waals surface area contributed by atoms with E-state index in [1.54, 1.807) is 6.92 Å². The number of sulfonamides is 1. The van der Waals surface area contributed by atoms with Crippen LogP contribution in [0.4, 0.5) is 5.13 Å². The fourth-order valence-corrected chi connectivity index (χ4v) is 4.95. The lowest BCUT2D eigenvalue weighted by molar-refractivity contribution is 0.588. The molecule has 2 aromatic rings. The molecule has 0 spiro atoms. The van der Waals surface area contributed by atoms with Gasteiger partial charge in [0, 0.05) is 5.88 Å². The van der Waals surface area contributed by atoms with Crippen molar-refractivity contribution < 1.29 is 8.42 Å². The lowest BCUT2D eigenvalue weighted by Gasteiger charge is -2.08. The molecule has 0 saturated heterocycles. The molecule has 7 heteroatoms. The molecular weight excluding hydrogens is 316 g/mol. The van der Waals surface area contributed by atoms with Crippen molar-refractivity contribution in [1.29, 1.82) is 0 Å². The van der Waals surface area contributed by atoms with E-state index in [2.05, 4.69) is 9.71 Å². The van der Waals surface area contributed by atoms with Gasteiger partial charge in [0.1, 0.15) is 0 Å². The number of hydrogen-bond donors (Lipinski definition) is 1. The number of thiazole rings is 1. The Kier molecular flexibility index (Phi) is 4.56. The average molecular weight is 333 g/mol. The molecule has 1 N–H and O–H groups in total. The first-order valence-electron chi connectivity index (χ1n) is 6.25. The van der Waals surface area contributed by atoms with E-state index in [0.717, 1.165) is 21.3 Å². The number of aryl methyl sites for hydroxylation is 2. The van der Waals surface area contributed by atoms with Crippen LogP contribution in [0.2, 0.25) is 0 Å². The highest BCUT2D eigenvalue weighted by molar-refractivity contribution is 7.92. The Bertz CT molecular complexity index is 725. The van der Waals surface area contributed by atoms with Gasteiger partial charge >= 0.3 is 0 Å². The van der Waals surface area contributed by atoms with Crippen LogP contribution in [0.3, 0.4) is 0 Å². The van der Waals surface area contributed by atoms with Gasteiger partial charge < -0.3 is 0 Å². The minimum absolute atomic E-state index is 0.00440. The molecule has 0 saturated carbocycles. The predicted molar refractivity (Wildman–Crippen MR) is 86.4 cm³/mol. The Hall–Kier alpha value is -0.850. The summed E-state index contributed by atoms with van der Waals surface area (Å²) in [5.74, 6) is 0.233. The first-order chi connectivity index (χ1) is 9.30. The Morgan fingerprint density at radius 3 is 2.75 bits per heavy atom. The maximum absolute atomic E-state index is 12.0. The largest absolute Gasteiger partial charge is 0.259 e. The van der Waals surface area contributed by atoms with Crippen LogP contribution in [-0.2, 0) is 10.0 Å². The Morgan fingerprint density at radius 1 is 1.40 bits per heavy atom. The zero-order valence-corrected chi connectivity index (χ0v) is 14.0. The summed E-state index contributed by atoms with van der Waals surface area (Å²) in [6.07, 6.45) is 0. The molecule has 0 aliphatic carbocycles. The van der Waals surface area contributed by atoms with Crippen LogP contribution in [0.1, 0.15) is 18.1 Å². The van der Waals surface area contributed by atoms with Crippen LogP contribution < -0.4 is 4.72 Å². The molecule has 4 nitrogen and oxygen atoms in total. The maximum Gasteiger partial charge on any atom is 0.234 e. The van der Waals surface area contributed by atoms with Gasteiger partial charge in [-0.1, -0.05) is 24.3 Å². The predicted octanol–water partition coefficient (Wildman–Crippen LogP) is 3.53. The molecule has 0 fully saturated rings. The minimum Gasteiger partial charge on any atom is -0.259 e. The van der Waals surface area contributed by atoms with Gasteiger partial charge in [0.05, 0.1) is 16.0 Å². The fraction of sp³-hybridized carbons (Fsp3) is 0.462. The highest BCUT2D eigenvalue weighted by Gasteiger charge is 2.17. The van der Waals surface area contributed by atoms with E-state index in [1.807, 2.05) is 26.0 Å². The molecule has 0 bridgehead atoms. The van der Waals surface area contributed by atoms with E-state index in [1.165, 1.54) is 11.3 Å². The summed E-state index contributed by atoms with van der Waals surface area (Å²) in [6.45, 7) is 5.79. The summed E-state index contributed by atoms with van der Waals surface area (Å²) in [4.78, 5) is 4.37.